The highest BCUT2D eigenvalue weighted by Gasteiger charge is 2.34. The molecule has 1 unspecified atom stereocenters. The van der Waals surface area contributed by atoms with Crippen LogP contribution >= 0.6 is 11.8 Å². The number of halogens is 2. The van der Waals surface area contributed by atoms with E-state index in [1.807, 2.05) is 0 Å². The van der Waals surface area contributed by atoms with E-state index in [1.165, 1.54) is 28.8 Å². The van der Waals surface area contributed by atoms with Crippen LogP contribution < -0.4 is 10.2 Å². The Morgan fingerprint density at radius 3 is 2.52 bits per heavy atom. The van der Waals surface area contributed by atoms with Gasteiger partial charge in [-0.15, -0.1) is 0 Å². The predicted molar refractivity (Wildman–Crippen MR) is 82.4 cm³/mol. The van der Waals surface area contributed by atoms with Gasteiger partial charge in [-0.3, -0.25) is 0 Å². The van der Waals surface area contributed by atoms with Crippen LogP contribution in [0.1, 0.15) is 5.56 Å². The van der Waals surface area contributed by atoms with Crippen LogP contribution in [0.4, 0.5) is 14.5 Å². The molecule has 2 rings (SSSR count). The summed E-state index contributed by atoms with van der Waals surface area (Å²) in [7, 11) is -1.73. The molecule has 1 saturated heterocycles. The highest BCUT2D eigenvalue weighted by Crippen LogP contribution is 2.31. The van der Waals surface area contributed by atoms with Crippen molar-refractivity contribution in [3.05, 3.63) is 29.3 Å². The Labute approximate surface area is 127 Å². The second kappa shape index (κ2) is 6.50. The number of hydrogen-bond acceptors (Lipinski definition) is 5. The third-order valence-electron chi connectivity index (χ3n) is 3.32. The van der Waals surface area contributed by atoms with Crippen molar-refractivity contribution in [2.75, 3.05) is 36.3 Å². The van der Waals surface area contributed by atoms with Gasteiger partial charge in [0.15, 0.2) is 9.84 Å². The van der Waals surface area contributed by atoms with E-state index in [2.05, 4.69) is 5.32 Å². The van der Waals surface area contributed by atoms with Crippen LogP contribution in [0, 0.1) is 11.6 Å². The fourth-order valence-corrected chi connectivity index (χ4v) is 5.21. The smallest absolute Gasteiger partial charge is 0.169 e. The van der Waals surface area contributed by atoms with Gasteiger partial charge in [0.1, 0.15) is 22.7 Å². The van der Waals surface area contributed by atoms with Crippen LogP contribution in [0.2, 0.25) is 0 Å². The Hall–Kier alpha value is -0.860. The largest absolute Gasteiger partial charge is 0.349 e. The standard InChI is InChI=1S/C13H18F2N2O2S2/c1-16-7-9-5-10(14)13(11(15)6-9)17-3-4-20-8-12(17)21(2,18)19/h5-6,12,16H,3-4,7-8H2,1-2H3. The van der Waals surface area contributed by atoms with E-state index in [0.717, 1.165) is 6.26 Å². The van der Waals surface area contributed by atoms with Crippen molar-refractivity contribution < 1.29 is 17.2 Å². The first-order valence-electron chi connectivity index (χ1n) is 6.50. The summed E-state index contributed by atoms with van der Waals surface area (Å²) in [5, 5.41) is 1.93. The first-order chi connectivity index (χ1) is 9.84. The molecule has 0 bridgehead atoms. The van der Waals surface area contributed by atoms with Crippen molar-refractivity contribution in [1.29, 1.82) is 0 Å². The normalized spacial score (nSPS) is 19.8. The van der Waals surface area contributed by atoms with Gasteiger partial charge < -0.3 is 10.2 Å². The van der Waals surface area contributed by atoms with Gasteiger partial charge in [0.2, 0.25) is 0 Å². The first-order valence-corrected chi connectivity index (χ1v) is 9.61. The lowest BCUT2D eigenvalue weighted by atomic mass is 10.1. The van der Waals surface area contributed by atoms with Gasteiger partial charge in [0, 0.05) is 30.9 Å². The minimum atomic E-state index is -3.42. The Balaban J connectivity index is 2.44. The summed E-state index contributed by atoms with van der Waals surface area (Å²) < 4.78 is 52.2. The molecule has 8 heteroatoms. The maximum atomic E-state index is 14.3. The molecule has 1 heterocycles. The second-order valence-corrected chi connectivity index (χ2v) is 8.34. The van der Waals surface area contributed by atoms with Crippen LogP contribution in [0.15, 0.2) is 12.1 Å². The molecular weight excluding hydrogens is 318 g/mol. The fraction of sp³-hybridized carbons (Fsp3) is 0.538. The molecule has 1 N–H and O–H groups in total. The number of hydrogen-bond donors (Lipinski definition) is 1. The molecule has 1 aromatic rings. The average Bonchev–Trinajstić information content (AvgIpc) is 2.37. The van der Waals surface area contributed by atoms with Crippen molar-refractivity contribution in [1.82, 2.24) is 5.32 Å². The van der Waals surface area contributed by atoms with E-state index in [-0.39, 0.29) is 5.69 Å². The SMILES string of the molecule is CNCc1cc(F)c(N2CCSCC2S(C)(=O)=O)c(F)c1. The number of anilines is 1. The molecule has 1 aromatic carbocycles. The summed E-state index contributed by atoms with van der Waals surface area (Å²) >= 11 is 1.48. The number of nitrogens with one attached hydrogen (secondary N) is 1. The fourth-order valence-electron chi connectivity index (χ4n) is 2.39. The van der Waals surface area contributed by atoms with E-state index >= 15 is 0 Å². The van der Waals surface area contributed by atoms with Crippen LogP contribution in [-0.2, 0) is 16.4 Å². The number of benzene rings is 1. The maximum absolute atomic E-state index is 14.3. The van der Waals surface area contributed by atoms with Crippen molar-refractivity contribution in [2.24, 2.45) is 0 Å². The lowest BCUT2D eigenvalue weighted by Crippen LogP contribution is -2.47. The van der Waals surface area contributed by atoms with E-state index < -0.39 is 26.8 Å². The molecule has 0 aromatic heterocycles. The van der Waals surface area contributed by atoms with Gasteiger partial charge >= 0.3 is 0 Å². The van der Waals surface area contributed by atoms with Crippen LogP contribution in [0.3, 0.4) is 0 Å². The number of rotatable bonds is 4. The van der Waals surface area contributed by atoms with E-state index in [4.69, 9.17) is 0 Å². The minimum Gasteiger partial charge on any atom is -0.349 e. The molecule has 0 aliphatic carbocycles. The van der Waals surface area contributed by atoms with Gasteiger partial charge in [0.05, 0.1) is 0 Å². The summed E-state index contributed by atoms with van der Waals surface area (Å²) in [6.45, 7) is 0.654. The topological polar surface area (TPSA) is 49.4 Å². The Kier molecular flexibility index (Phi) is 5.11. The molecule has 4 nitrogen and oxygen atoms in total. The molecule has 0 spiro atoms. The maximum Gasteiger partial charge on any atom is 0.169 e. The van der Waals surface area contributed by atoms with Gasteiger partial charge in [-0.1, -0.05) is 0 Å². The summed E-state index contributed by atoms with van der Waals surface area (Å²) in [5.41, 5.74) is 0.240. The Morgan fingerprint density at radius 1 is 1.38 bits per heavy atom. The third-order valence-corrected chi connectivity index (χ3v) is 5.97. The summed E-state index contributed by atoms with van der Waals surface area (Å²) in [4.78, 5) is 1.33. The molecular formula is C13H18F2N2O2S2. The van der Waals surface area contributed by atoms with E-state index in [0.29, 0.717) is 30.2 Å². The average molecular weight is 336 g/mol. The lowest BCUT2D eigenvalue weighted by Gasteiger charge is -2.36. The molecule has 1 aliphatic rings. The highest BCUT2D eigenvalue weighted by molar-refractivity contribution is 8.01. The Morgan fingerprint density at radius 2 is 2.00 bits per heavy atom. The zero-order chi connectivity index (χ0) is 15.6. The zero-order valence-electron chi connectivity index (χ0n) is 11.9. The third kappa shape index (κ3) is 3.67. The van der Waals surface area contributed by atoms with Gasteiger partial charge in [-0.05, 0) is 24.7 Å². The van der Waals surface area contributed by atoms with Gasteiger partial charge in [0.25, 0.3) is 0 Å². The van der Waals surface area contributed by atoms with Crippen LogP contribution in [-0.4, -0.2) is 45.1 Å². The summed E-state index contributed by atoms with van der Waals surface area (Å²) in [6.07, 6.45) is 1.10. The summed E-state index contributed by atoms with van der Waals surface area (Å²) in [6, 6.07) is 2.49. The predicted octanol–water partition coefficient (Wildman–Crippen LogP) is 1.61. The molecule has 0 radical (unpaired) electrons. The van der Waals surface area contributed by atoms with Crippen molar-refractivity contribution >= 4 is 27.3 Å². The molecule has 1 atom stereocenters. The monoisotopic (exact) mass is 336 g/mol. The summed E-state index contributed by atoms with van der Waals surface area (Å²) in [5.74, 6) is -0.485. The molecule has 1 fully saturated rings. The molecule has 118 valence electrons. The molecule has 0 saturated carbocycles. The highest BCUT2D eigenvalue weighted by atomic mass is 32.2. The number of nitrogens with zero attached hydrogens (tertiary/aromatic N) is 1. The minimum absolute atomic E-state index is 0.245. The van der Waals surface area contributed by atoms with E-state index in [9.17, 15) is 17.2 Å². The van der Waals surface area contributed by atoms with Crippen molar-refractivity contribution in [3.63, 3.8) is 0 Å². The quantitative estimate of drug-likeness (QED) is 0.905. The Bertz CT molecular complexity index is 600. The second-order valence-electron chi connectivity index (χ2n) is 4.99. The van der Waals surface area contributed by atoms with Gasteiger partial charge in [-0.2, -0.15) is 11.8 Å². The van der Waals surface area contributed by atoms with Crippen molar-refractivity contribution in [3.8, 4) is 0 Å². The molecule has 1 aliphatic heterocycles. The van der Waals surface area contributed by atoms with Crippen LogP contribution in [0.25, 0.3) is 0 Å². The van der Waals surface area contributed by atoms with Crippen molar-refractivity contribution in [2.45, 2.75) is 11.9 Å². The number of thioether (sulfide) groups is 1. The first kappa shape index (κ1) is 16.5. The number of sulfone groups is 1. The molecule has 0 amide bonds. The molecule has 21 heavy (non-hydrogen) atoms. The van der Waals surface area contributed by atoms with E-state index in [1.54, 1.807) is 7.05 Å². The zero-order valence-corrected chi connectivity index (χ0v) is 13.5. The van der Waals surface area contributed by atoms with Crippen LogP contribution in [0.5, 0.6) is 0 Å². The van der Waals surface area contributed by atoms with Gasteiger partial charge in [-0.25, -0.2) is 17.2 Å². The lowest BCUT2D eigenvalue weighted by molar-refractivity contribution is 0.555.